The van der Waals surface area contributed by atoms with Gasteiger partial charge in [0.2, 0.25) is 6.79 Å². The van der Waals surface area contributed by atoms with Crippen molar-refractivity contribution in [3.63, 3.8) is 0 Å². The van der Waals surface area contributed by atoms with Crippen LogP contribution in [-0.4, -0.2) is 6.79 Å². The zero-order chi connectivity index (χ0) is 14.0. The van der Waals surface area contributed by atoms with Crippen LogP contribution in [0.4, 0.5) is 0 Å². The summed E-state index contributed by atoms with van der Waals surface area (Å²) in [5.74, 6) is 1.53. The second-order valence-electron chi connectivity index (χ2n) is 5.17. The van der Waals surface area contributed by atoms with E-state index in [0.29, 0.717) is 6.42 Å². The number of hydrogen-bond donors (Lipinski definition) is 0. The minimum Gasteiger partial charge on any atom is -0.454 e. The van der Waals surface area contributed by atoms with Gasteiger partial charge in [-0.15, -0.1) is 0 Å². The Bertz CT molecular complexity index is 660. The Balaban J connectivity index is 1.91. The number of fused-ring (bicyclic) bond motifs is 1. The van der Waals surface area contributed by atoms with Crippen LogP contribution in [0.2, 0.25) is 0 Å². The number of nitrogens with zero attached hydrogens (tertiary/aromatic N) is 1. The highest BCUT2D eigenvalue weighted by Gasteiger charge is 2.27. The van der Waals surface area contributed by atoms with Gasteiger partial charge in [-0.05, 0) is 36.6 Å². The monoisotopic (exact) mass is 265 g/mol. The Labute approximate surface area is 118 Å². The van der Waals surface area contributed by atoms with Gasteiger partial charge >= 0.3 is 0 Å². The fourth-order valence-corrected chi connectivity index (χ4v) is 2.47. The van der Waals surface area contributed by atoms with E-state index in [9.17, 15) is 5.26 Å². The van der Waals surface area contributed by atoms with Crippen LogP contribution in [0.15, 0.2) is 48.5 Å². The third-order valence-electron chi connectivity index (χ3n) is 3.65. The second-order valence-corrected chi connectivity index (χ2v) is 5.17. The van der Waals surface area contributed by atoms with Gasteiger partial charge in [-0.3, -0.25) is 0 Å². The van der Waals surface area contributed by atoms with Crippen molar-refractivity contribution in [2.75, 3.05) is 6.79 Å². The normalized spacial score (nSPS) is 15.4. The summed E-state index contributed by atoms with van der Waals surface area (Å²) in [7, 11) is 0. The molecule has 3 rings (SSSR count). The van der Waals surface area contributed by atoms with Crippen molar-refractivity contribution in [1.29, 1.82) is 5.26 Å². The Morgan fingerprint density at radius 1 is 1.10 bits per heavy atom. The summed E-state index contributed by atoms with van der Waals surface area (Å²) in [4.78, 5) is 0. The first-order valence-corrected chi connectivity index (χ1v) is 6.57. The maximum absolute atomic E-state index is 9.59. The van der Waals surface area contributed by atoms with Gasteiger partial charge in [-0.2, -0.15) is 5.26 Å². The molecule has 0 saturated heterocycles. The molecule has 0 aliphatic carbocycles. The highest BCUT2D eigenvalue weighted by molar-refractivity contribution is 5.46. The van der Waals surface area contributed by atoms with E-state index >= 15 is 0 Å². The molecule has 0 aromatic heterocycles. The molecule has 3 heteroatoms. The molecule has 2 aromatic rings. The molecule has 1 unspecified atom stereocenters. The van der Waals surface area contributed by atoms with Crippen LogP contribution in [0.3, 0.4) is 0 Å². The van der Waals surface area contributed by atoms with Gasteiger partial charge in [-0.25, -0.2) is 0 Å². The second kappa shape index (κ2) is 4.90. The fraction of sp³-hybridized carbons (Fsp3) is 0.235. The van der Waals surface area contributed by atoms with Crippen molar-refractivity contribution < 1.29 is 9.47 Å². The van der Waals surface area contributed by atoms with E-state index in [2.05, 4.69) is 6.07 Å². The lowest BCUT2D eigenvalue weighted by atomic mass is 9.78. The molecule has 20 heavy (non-hydrogen) atoms. The Hall–Kier alpha value is -2.47. The number of hydrogen-bond acceptors (Lipinski definition) is 3. The molecular weight excluding hydrogens is 250 g/mol. The molecule has 0 N–H and O–H groups in total. The van der Waals surface area contributed by atoms with Crippen LogP contribution in [0.25, 0.3) is 0 Å². The highest BCUT2D eigenvalue weighted by Crippen LogP contribution is 2.35. The van der Waals surface area contributed by atoms with Gasteiger partial charge < -0.3 is 9.47 Å². The third kappa shape index (κ3) is 2.21. The summed E-state index contributed by atoms with van der Waals surface area (Å²) in [6.07, 6.45) is 0.643. The molecule has 3 nitrogen and oxygen atoms in total. The average Bonchev–Trinajstić information content (AvgIpc) is 2.95. The van der Waals surface area contributed by atoms with Crippen LogP contribution in [0.1, 0.15) is 18.1 Å². The predicted molar refractivity (Wildman–Crippen MR) is 75.7 cm³/mol. The van der Waals surface area contributed by atoms with Crippen LogP contribution in [0.5, 0.6) is 11.5 Å². The minimum absolute atomic E-state index is 0.271. The molecule has 1 aliphatic heterocycles. The SMILES string of the molecule is CC(C#N)(Cc1ccc2c(c1)OCO2)c1ccccc1. The number of nitriles is 1. The smallest absolute Gasteiger partial charge is 0.231 e. The molecule has 0 amide bonds. The lowest BCUT2D eigenvalue weighted by molar-refractivity contribution is 0.174. The fourth-order valence-electron chi connectivity index (χ4n) is 2.47. The maximum atomic E-state index is 9.59. The summed E-state index contributed by atoms with van der Waals surface area (Å²) >= 11 is 0. The maximum Gasteiger partial charge on any atom is 0.231 e. The van der Waals surface area contributed by atoms with Gasteiger partial charge in [0.1, 0.15) is 0 Å². The molecule has 1 atom stereocenters. The molecule has 1 aliphatic rings. The first-order valence-electron chi connectivity index (χ1n) is 6.57. The summed E-state index contributed by atoms with van der Waals surface area (Å²) in [6.45, 7) is 2.24. The quantitative estimate of drug-likeness (QED) is 0.853. The number of rotatable bonds is 3. The van der Waals surface area contributed by atoms with Crippen LogP contribution < -0.4 is 9.47 Å². The van der Waals surface area contributed by atoms with E-state index in [1.165, 1.54) is 0 Å². The molecule has 2 aromatic carbocycles. The Morgan fingerprint density at radius 3 is 2.60 bits per heavy atom. The molecule has 0 saturated carbocycles. The van der Waals surface area contributed by atoms with Crippen molar-refractivity contribution in [2.24, 2.45) is 0 Å². The van der Waals surface area contributed by atoms with Crippen molar-refractivity contribution >= 4 is 0 Å². The summed E-state index contributed by atoms with van der Waals surface area (Å²) in [5.41, 5.74) is 1.55. The highest BCUT2D eigenvalue weighted by atomic mass is 16.7. The molecular formula is C17H15NO2. The topological polar surface area (TPSA) is 42.2 Å². The van der Waals surface area contributed by atoms with Crippen LogP contribution in [0, 0.1) is 11.3 Å². The van der Waals surface area contributed by atoms with E-state index < -0.39 is 5.41 Å². The number of benzene rings is 2. The molecule has 0 radical (unpaired) electrons. The summed E-state index contributed by atoms with van der Waals surface area (Å²) in [5, 5.41) is 9.59. The first kappa shape index (κ1) is 12.6. The Kier molecular flexibility index (Phi) is 3.08. The Morgan fingerprint density at radius 2 is 1.85 bits per heavy atom. The largest absolute Gasteiger partial charge is 0.454 e. The van der Waals surface area contributed by atoms with Gasteiger partial charge in [0.25, 0.3) is 0 Å². The van der Waals surface area contributed by atoms with E-state index in [1.54, 1.807) is 0 Å². The zero-order valence-electron chi connectivity index (χ0n) is 11.3. The standard InChI is InChI=1S/C17H15NO2/c1-17(11-18,14-5-3-2-4-6-14)10-13-7-8-15-16(9-13)20-12-19-15/h2-9H,10,12H2,1H3. The van der Waals surface area contributed by atoms with Gasteiger partial charge in [-0.1, -0.05) is 36.4 Å². The predicted octanol–water partition coefficient (Wildman–Crippen LogP) is 3.44. The molecule has 0 spiro atoms. The molecule has 100 valence electrons. The van der Waals surface area contributed by atoms with E-state index in [4.69, 9.17) is 9.47 Å². The number of ether oxygens (including phenoxy) is 2. The first-order chi connectivity index (χ1) is 9.71. The van der Waals surface area contributed by atoms with Gasteiger partial charge in [0, 0.05) is 0 Å². The van der Waals surface area contributed by atoms with Gasteiger partial charge in [0.15, 0.2) is 11.5 Å². The van der Waals surface area contributed by atoms with E-state index in [-0.39, 0.29) is 6.79 Å². The third-order valence-corrected chi connectivity index (χ3v) is 3.65. The molecule has 0 bridgehead atoms. The van der Waals surface area contributed by atoms with Crippen molar-refractivity contribution in [1.82, 2.24) is 0 Å². The lowest BCUT2D eigenvalue weighted by Crippen LogP contribution is -2.22. The molecule has 1 heterocycles. The van der Waals surface area contributed by atoms with Crippen LogP contribution >= 0.6 is 0 Å². The minimum atomic E-state index is -0.547. The average molecular weight is 265 g/mol. The molecule has 0 fully saturated rings. The van der Waals surface area contributed by atoms with Gasteiger partial charge in [0.05, 0.1) is 11.5 Å². The van der Waals surface area contributed by atoms with E-state index in [0.717, 1.165) is 22.6 Å². The lowest BCUT2D eigenvalue weighted by Gasteiger charge is -2.22. The zero-order valence-corrected chi connectivity index (χ0v) is 11.3. The van der Waals surface area contributed by atoms with E-state index in [1.807, 2.05) is 55.5 Å². The van der Waals surface area contributed by atoms with Crippen molar-refractivity contribution in [2.45, 2.75) is 18.8 Å². The van der Waals surface area contributed by atoms with Crippen LogP contribution in [-0.2, 0) is 11.8 Å². The van der Waals surface area contributed by atoms with Crippen molar-refractivity contribution in [3.8, 4) is 17.6 Å². The van der Waals surface area contributed by atoms with Crippen molar-refractivity contribution in [3.05, 3.63) is 59.7 Å². The summed E-state index contributed by atoms with van der Waals surface area (Å²) < 4.78 is 10.7. The summed E-state index contributed by atoms with van der Waals surface area (Å²) in [6, 6.07) is 18.2.